The summed E-state index contributed by atoms with van der Waals surface area (Å²) in [6, 6.07) is 8.64. The molecule has 1 fully saturated rings. The third-order valence-corrected chi connectivity index (χ3v) is 4.50. The van der Waals surface area contributed by atoms with E-state index in [-0.39, 0.29) is 17.4 Å². The van der Waals surface area contributed by atoms with Gasteiger partial charge in [0.15, 0.2) is 0 Å². The molecule has 0 amide bonds. The molecule has 3 rings (SSSR count). The van der Waals surface area contributed by atoms with Crippen LogP contribution in [-0.4, -0.2) is 35.7 Å². The molecular formula is C18H16ClF2NO3. The van der Waals surface area contributed by atoms with Gasteiger partial charge in [-0.15, -0.1) is 0 Å². The Morgan fingerprint density at radius 3 is 2.68 bits per heavy atom. The fourth-order valence-corrected chi connectivity index (χ4v) is 3.29. The third-order valence-electron chi connectivity index (χ3n) is 4.17. The normalized spacial score (nSPS) is 19.6. The quantitative estimate of drug-likeness (QED) is 0.892. The smallest absolute Gasteiger partial charge is 0.325 e. The Morgan fingerprint density at radius 2 is 2.00 bits per heavy atom. The molecule has 1 heterocycles. The zero-order valence-electron chi connectivity index (χ0n) is 13.2. The van der Waals surface area contributed by atoms with Crippen molar-refractivity contribution in [2.24, 2.45) is 0 Å². The van der Waals surface area contributed by atoms with E-state index in [0.717, 1.165) is 6.07 Å². The Bertz CT molecular complexity index is 787. The molecule has 25 heavy (non-hydrogen) atoms. The summed E-state index contributed by atoms with van der Waals surface area (Å²) in [5.41, 5.74) is 0.953. The van der Waals surface area contributed by atoms with Gasteiger partial charge in [0.2, 0.25) is 0 Å². The number of carboxylic acids is 1. The number of aliphatic carboxylic acids is 1. The zero-order chi connectivity index (χ0) is 18.0. The largest absolute Gasteiger partial charge is 0.480 e. The number of ether oxygens (including phenoxy) is 1. The van der Waals surface area contributed by atoms with Crippen molar-refractivity contribution in [3.05, 3.63) is 70.2 Å². The second-order valence-electron chi connectivity index (χ2n) is 5.82. The van der Waals surface area contributed by atoms with Gasteiger partial charge in [-0.1, -0.05) is 29.8 Å². The Morgan fingerprint density at radius 1 is 1.24 bits per heavy atom. The number of halogens is 3. The molecule has 1 N–H and O–H groups in total. The minimum atomic E-state index is -1.09. The molecule has 0 radical (unpaired) electrons. The van der Waals surface area contributed by atoms with Crippen LogP contribution in [0.4, 0.5) is 8.78 Å². The number of morpholine rings is 1. The summed E-state index contributed by atoms with van der Waals surface area (Å²) < 4.78 is 32.4. The summed E-state index contributed by atoms with van der Waals surface area (Å²) in [6.07, 6.45) is -0.453. The first-order chi connectivity index (χ1) is 12.0. The van der Waals surface area contributed by atoms with Crippen molar-refractivity contribution < 1.29 is 23.4 Å². The van der Waals surface area contributed by atoms with Gasteiger partial charge < -0.3 is 9.84 Å². The first-order valence-corrected chi connectivity index (χ1v) is 8.12. The lowest BCUT2D eigenvalue weighted by Gasteiger charge is -2.37. The van der Waals surface area contributed by atoms with Crippen molar-refractivity contribution in [3.8, 4) is 0 Å². The van der Waals surface area contributed by atoms with E-state index in [4.69, 9.17) is 16.3 Å². The van der Waals surface area contributed by atoms with E-state index in [9.17, 15) is 18.7 Å². The Balaban J connectivity index is 1.88. The van der Waals surface area contributed by atoms with Crippen LogP contribution in [0.15, 0.2) is 42.5 Å². The first kappa shape index (κ1) is 17.8. The minimum absolute atomic E-state index is 0.0567. The van der Waals surface area contributed by atoms with Crippen LogP contribution in [0.25, 0.3) is 0 Å². The molecular weight excluding hydrogens is 352 g/mol. The maximum Gasteiger partial charge on any atom is 0.325 e. The first-order valence-electron chi connectivity index (χ1n) is 7.74. The third kappa shape index (κ3) is 3.98. The van der Waals surface area contributed by atoms with Crippen molar-refractivity contribution >= 4 is 17.6 Å². The van der Waals surface area contributed by atoms with Gasteiger partial charge in [-0.3, -0.25) is 9.69 Å². The van der Waals surface area contributed by atoms with Crippen molar-refractivity contribution in [1.29, 1.82) is 0 Å². The molecule has 2 aromatic carbocycles. The average Bonchev–Trinajstić information content (AvgIpc) is 2.57. The van der Waals surface area contributed by atoms with Gasteiger partial charge in [0.05, 0.1) is 12.7 Å². The molecule has 1 saturated heterocycles. The molecule has 0 aromatic heterocycles. The maximum atomic E-state index is 13.4. The molecule has 0 spiro atoms. The number of hydrogen-bond acceptors (Lipinski definition) is 3. The van der Waals surface area contributed by atoms with Crippen molar-refractivity contribution in [2.45, 2.75) is 12.1 Å². The lowest BCUT2D eigenvalue weighted by Crippen LogP contribution is -2.43. The van der Waals surface area contributed by atoms with Crippen LogP contribution in [0.3, 0.4) is 0 Å². The topological polar surface area (TPSA) is 49.8 Å². The number of carboxylic acid groups (broad SMARTS) is 1. The molecule has 7 heteroatoms. The molecule has 4 nitrogen and oxygen atoms in total. The molecule has 2 aromatic rings. The summed E-state index contributed by atoms with van der Waals surface area (Å²) in [7, 11) is 0. The van der Waals surface area contributed by atoms with Crippen LogP contribution >= 0.6 is 11.6 Å². The molecule has 2 atom stereocenters. The number of benzene rings is 2. The van der Waals surface area contributed by atoms with Crippen LogP contribution in [0, 0.1) is 11.6 Å². The Kier molecular flexibility index (Phi) is 5.32. The van der Waals surface area contributed by atoms with Crippen molar-refractivity contribution in [2.75, 3.05) is 19.7 Å². The lowest BCUT2D eigenvalue weighted by molar-refractivity contribution is -0.147. The molecule has 0 saturated carbocycles. The van der Waals surface area contributed by atoms with Crippen LogP contribution in [0.1, 0.15) is 23.3 Å². The highest BCUT2D eigenvalue weighted by atomic mass is 35.5. The second-order valence-corrected chi connectivity index (χ2v) is 6.22. The monoisotopic (exact) mass is 367 g/mol. The van der Waals surface area contributed by atoms with Crippen LogP contribution in [0.5, 0.6) is 0 Å². The summed E-state index contributed by atoms with van der Waals surface area (Å²) in [6.45, 7) is 0.925. The van der Waals surface area contributed by atoms with Crippen LogP contribution < -0.4 is 0 Å². The minimum Gasteiger partial charge on any atom is -0.480 e. The van der Waals surface area contributed by atoms with E-state index in [1.54, 1.807) is 17.0 Å². The lowest BCUT2D eigenvalue weighted by atomic mass is 10.0. The summed E-state index contributed by atoms with van der Waals surface area (Å²) in [5, 5.41) is 9.74. The van der Waals surface area contributed by atoms with E-state index in [2.05, 4.69) is 0 Å². The van der Waals surface area contributed by atoms with Gasteiger partial charge in [-0.05, 0) is 35.4 Å². The van der Waals surface area contributed by atoms with E-state index in [0.29, 0.717) is 24.3 Å². The Labute approximate surface area is 148 Å². The highest BCUT2D eigenvalue weighted by Gasteiger charge is 2.34. The van der Waals surface area contributed by atoms with Crippen molar-refractivity contribution in [3.63, 3.8) is 0 Å². The fraction of sp³-hybridized carbons (Fsp3) is 0.278. The highest BCUT2D eigenvalue weighted by Crippen LogP contribution is 2.33. The zero-order valence-corrected chi connectivity index (χ0v) is 13.9. The summed E-state index contributed by atoms with van der Waals surface area (Å²) in [4.78, 5) is 13.5. The maximum absolute atomic E-state index is 13.4. The van der Waals surface area contributed by atoms with E-state index in [1.165, 1.54) is 24.3 Å². The molecule has 1 aliphatic heterocycles. The number of rotatable bonds is 4. The molecule has 2 unspecified atom stereocenters. The summed E-state index contributed by atoms with van der Waals surface area (Å²) in [5.74, 6) is -2.00. The molecule has 1 aliphatic rings. The highest BCUT2D eigenvalue weighted by molar-refractivity contribution is 6.31. The summed E-state index contributed by atoms with van der Waals surface area (Å²) >= 11 is 6.05. The number of hydrogen-bond donors (Lipinski definition) is 1. The van der Waals surface area contributed by atoms with Crippen LogP contribution in [0.2, 0.25) is 5.02 Å². The fourth-order valence-electron chi connectivity index (χ4n) is 3.02. The van der Waals surface area contributed by atoms with Gasteiger partial charge in [-0.2, -0.15) is 0 Å². The molecule has 0 aliphatic carbocycles. The molecule has 0 bridgehead atoms. The van der Waals surface area contributed by atoms with Gasteiger partial charge in [0.25, 0.3) is 0 Å². The van der Waals surface area contributed by atoms with E-state index >= 15 is 0 Å². The average molecular weight is 368 g/mol. The SMILES string of the molecule is O=C(O)C(c1ccc(F)cc1Cl)N1CCOC(c2cccc(F)c2)C1. The van der Waals surface area contributed by atoms with Crippen LogP contribution in [-0.2, 0) is 9.53 Å². The van der Waals surface area contributed by atoms with Gasteiger partial charge in [0.1, 0.15) is 17.7 Å². The number of nitrogens with zero attached hydrogens (tertiary/aromatic N) is 1. The van der Waals surface area contributed by atoms with E-state index in [1.807, 2.05) is 0 Å². The Hall–Kier alpha value is -2.02. The van der Waals surface area contributed by atoms with Gasteiger partial charge >= 0.3 is 5.97 Å². The van der Waals surface area contributed by atoms with Gasteiger partial charge in [0, 0.05) is 18.1 Å². The van der Waals surface area contributed by atoms with E-state index < -0.39 is 23.9 Å². The standard InChI is InChI=1S/C18H16ClF2NO3/c19-15-9-13(21)4-5-14(15)17(18(23)24)22-6-7-25-16(10-22)11-2-1-3-12(20)8-11/h1-5,8-9,16-17H,6-7,10H2,(H,23,24). The second kappa shape index (κ2) is 7.47. The van der Waals surface area contributed by atoms with Gasteiger partial charge in [-0.25, -0.2) is 8.78 Å². The number of carbonyl (C=O) groups is 1. The predicted octanol–water partition coefficient (Wildman–Crippen LogP) is 3.82. The molecule has 132 valence electrons. The van der Waals surface area contributed by atoms with Crippen molar-refractivity contribution in [1.82, 2.24) is 4.90 Å². The predicted molar refractivity (Wildman–Crippen MR) is 88.5 cm³/mol.